The van der Waals surface area contributed by atoms with E-state index >= 15 is 0 Å². The highest BCUT2D eigenvalue weighted by molar-refractivity contribution is 7.33. The predicted molar refractivity (Wildman–Crippen MR) is 92.8 cm³/mol. The van der Waals surface area contributed by atoms with Crippen LogP contribution in [0.4, 0.5) is 0 Å². The summed E-state index contributed by atoms with van der Waals surface area (Å²) in [7, 11) is -3.11. The second kappa shape index (κ2) is 9.30. The molecule has 0 aliphatic rings. The van der Waals surface area contributed by atoms with Gasteiger partial charge >= 0.3 is 8.25 Å². The minimum atomic E-state index is -3.11. The van der Waals surface area contributed by atoms with Gasteiger partial charge in [0.05, 0.1) is 24.6 Å². The van der Waals surface area contributed by atoms with Gasteiger partial charge in [0.15, 0.2) is 0 Å². The normalized spacial score (nSPS) is 14.0. The SMILES string of the molecule is Cc1ncc(C(O)O[P+](=O)OC(O)c2cnc(C)c(O)c2CO)c(CO)c1O. The van der Waals surface area contributed by atoms with E-state index in [1.165, 1.54) is 13.8 Å². The molecule has 0 amide bonds. The highest BCUT2D eigenvalue weighted by Crippen LogP contribution is 2.40. The molecule has 11 nitrogen and oxygen atoms in total. The Bertz CT molecular complexity index is 808. The third kappa shape index (κ3) is 4.59. The number of hydrogen-bond acceptors (Lipinski definition) is 11. The van der Waals surface area contributed by atoms with E-state index in [1.807, 2.05) is 0 Å². The van der Waals surface area contributed by atoms with Crippen molar-refractivity contribution in [2.24, 2.45) is 0 Å². The Morgan fingerprint density at radius 1 is 0.893 bits per heavy atom. The number of hydrogen-bond donors (Lipinski definition) is 6. The maximum Gasteiger partial charge on any atom is 0.703 e. The van der Waals surface area contributed by atoms with Crippen molar-refractivity contribution in [2.45, 2.75) is 39.6 Å². The Labute approximate surface area is 160 Å². The van der Waals surface area contributed by atoms with Gasteiger partial charge in [-0.05, 0) is 13.8 Å². The highest BCUT2D eigenvalue weighted by Gasteiger charge is 2.34. The van der Waals surface area contributed by atoms with Gasteiger partial charge in [0.2, 0.25) is 12.6 Å². The molecular formula is C16H20N2O9P+. The predicted octanol–water partition coefficient (Wildman–Crippen LogP) is 0.862. The molecule has 152 valence electrons. The lowest BCUT2D eigenvalue weighted by molar-refractivity contribution is -0.0634. The molecule has 2 unspecified atom stereocenters. The molecule has 0 spiro atoms. The van der Waals surface area contributed by atoms with Crippen molar-refractivity contribution in [3.8, 4) is 11.5 Å². The average molecular weight is 415 g/mol. The lowest BCUT2D eigenvalue weighted by Gasteiger charge is -2.13. The first-order valence-electron chi connectivity index (χ1n) is 7.94. The number of aromatic nitrogens is 2. The fraction of sp³-hybridized carbons (Fsp3) is 0.375. The van der Waals surface area contributed by atoms with E-state index in [0.29, 0.717) is 0 Å². The molecule has 2 aromatic heterocycles. The van der Waals surface area contributed by atoms with Crippen LogP contribution in [0.5, 0.6) is 11.5 Å². The first-order chi connectivity index (χ1) is 13.2. The van der Waals surface area contributed by atoms with Gasteiger partial charge in [-0.2, -0.15) is 0 Å². The fourth-order valence-corrected chi connectivity index (χ4v) is 2.98. The van der Waals surface area contributed by atoms with Crippen molar-refractivity contribution in [3.63, 3.8) is 0 Å². The topological polar surface area (TPSA) is 183 Å². The molecule has 0 radical (unpaired) electrons. The quantitative estimate of drug-likeness (QED) is 0.266. The van der Waals surface area contributed by atoms with Crippen LogP contribution in [-0.4, -0.2) is 40.6 Å². The maximum atomic E-state index is 12.0. The zero-order valence-corrected chi connectivity index (χ0v) is 15.9. The number of aliphatic hydroxyl groups is 4. The molecule has 0 saturated heterocycles. The van der Waals surface area contributed by atoms with Gasteiger partial charge < -0.3 is 30.6 Å². The molecule has 2 heterocycles. The van der Waals surface area contributed by atoms with E-state index < -0.39 is 34.0 Å². The van der Waals surface area contributed by atoms with Crippen LogP contribution < -0.4 is 0 Å². The molecule has 0 aliphatic heterocycles. The van der Waals surface area contributed by atoms with Crippen LogP contribution in [-0.2, 0) is 26.8 Å². The molecule has 6 N–H and O–H groups in total. The van der Waals surface area contributed by atoms with Crippen molar-refractivity contribution in [1.82, 2.24) is 9.97 Å². The van der Waals surface area contributed by atoms with Crippen molar-refractivity contribution in [2.75, 3.05) is 0 Å². The minimum absolute atomic E-state index is 0.0702. The van der Waals surface area contributed by atoms with E-state index in [0.717, 1.165) is 12.4 Å². The van der Waals surface area contributed by atoms with Gasteiger partial charge in [-0.15, -0.1) is 0 Å². The fourth-order valence-electron chi connectivity index (χ4n) is 2.38. The number of aryl methyl sites for hydroxylation is 2. The summed E-state index contributed by atoms with van der Waals surface area (Å²) in [5, 5.41) is 58.6. The molecule has 0 aliphatic carbocycles. The number of rotatable bonds is 8. The Kier molecular flexibility index (Phi) is 7.33. The maximum absolute atomic E-state index is 12.0. The first kappa shape index (κ1) is 22.1. The van der Waals surface area contributed by atoms with E-state index in [1.54, 1.807) is 0 Å². The lowest BCUT2D eigenvalue weighted by atomic mass is 10.1. The van der Waals surface area contributed by atoms with Crippen molar-refractivity contribution in [1.29, 1.82) is 0 Å². The molecule has 0 bridgehead atoms. The second-order valence-electron chi connectivity index (χ2n) is 5.71. The van der Waals surface area contributed by atoms with Gasteiger partial charge in [-0.3, -0.25) is 9.97 Å². The smallest absolute Gasteiger partial charge is 0.506 e. The molecule has 0 aromatic carbocycles. The number of nitrogens with zero attached hydrogens (tertiary/aromatic N) is 2. The zero-order chi connectivity index (χ0) is 21.0. The van der Waals surface area contributed by atoms with Crippen molar-refractivity contribution >= 4 is 8.25 Å². The summed E-state index contributed by atoms with van der Waals surface area (Å²) < 4.78 is 21.5. The average Bonchev–Trinajstić information content (AvgIpc) is 2.65. The third-order valence-corrected chi connectivity index (χ3v) is 4.71. The van der Waals surface area contributed by atoms with Crippen LogP contribution in [0.15, 0.2) is 12.4 Å². The van der Waals surface area contributed by atoms with E-state index in [9.17, 15) is 35.2 Å². The van der Waals surface area contributed by atoms with Gasteiger partial charge in [0.1, 0.15) is 11.5 Å². The summed E-state index contributed by atoms with van der Waals surface area (Å²) in [4.78, 5) is 7.63. The minimum Gasteiger partial charge on any atom is -0.506 e. The monoisotopic (exact) mass is 415 g/mol. The Hall–Kier alpha value is -2.24. The Morgan fingerprint density at radius 3 is 1.57 bits per heavy atom. The van der Waals surface area contributed by atoms with E-state index in [4.69, 9.17) is 9.05 Å². The number of aliphatic hydroxyl groups excluding tert-OH is 4. The number of aromatic hydroxyl groups is 2. The molecule has 2 rings (SSSR count). The molecule has 12 heteroatoms. The third-order valence-electron chi connectivity index (χ3n) is 3.97. The summed E-state index contributed by atoms with van der Waals surface area (Å²) in [6.07, 6.45) is -1.54. The summed E-state index contributed by atoms with van der Waals surface area (Å²) in [6, 6.07) is 0. The summed E-state index contributed by atoms with van der Waals surface area (Å²) in [6.45, 7) is 1.68. The molecule has 2 atom stereocenters. The molecular weight excluding hydrogens is 395 g/mol. The lowest BCUT2D eigenvalue weighted by Crippen LogP contribution is -2.08. The van der Waals surface area contributed by atoms with Crippen LogP contribution in [0.3, 0.4) is 0 Å². The summed E-state index contributed by atoms with van der Waals surface area (Å²) in [5.41, 5.74) is -0.00708. The number of pyridine rings is 2. The van der Waals surface area contributed by atoms with Crippen LogP contribution in [0.1, 0.15) is 46.2 Å². The van der Waals surface area contributed by atoms with Crippen molar-refractivity contribution in [3.05, 3.63) is 46.0 Å². The van der Waals surface area contributed by atoms with Crippen LogP contribution in [0.2, 0.25) is 0 Å². The summed E-state index contributed by atoms with van der Waals surface area (Å²) >= 11 is 0. The largest absolute Gasteiger partial charge is 0.703 e. The zero-order valence-electron chi connectivity index (χ0n) is 15.0. The van der Waals surface area contributed by atoms with Crippen LogP contribution in [0.25, 0.3) is 0 Å². The molecule has 2 aromatic rings. The van der Waals surface area contributed by atoms with Crippen molar-refractivity contribution < 1.29 is 44.3 Å². The van der Waals surface area contributed by atoms with E-state index in [-0.39, 0.29) is 45.1 Å². The van der Waals surface area contributed by atoms with Gasteiger partial charge in [-0.25, -0.2) is 0 Å². The Morgan fingerprint density at radius 2 is 1.25 bits per heavy atom. The van der Waals surface area contributed by atoms with Gasteiger partial charge in [0, 0.05) is 39.2 Å². The van der Waals surface area contributed by atoms with Gasteiger partial charge in [0.25, 0.3) is 0 Å². The second-order valence-corrected chi connectivity index (χ2v) is 6.58. The highest BCUT2D eigenvalue weighted by atomic mass is 31.1. The first-order valence-corrected chi connectivity index (χ1v) is 9.04. The van der Waals surface area contributed by atoms with E-state index in [2.05, 4.69) is 9.97 Å². The molecule has 0 saturated carbocycles. The van der Waals surface area contributed by atoms with Crippen LogP contribution in [0, 0.1) is 13.8 Å². The standard InChI is InChI=1S/C16H19N2O9P/c1-7-13(21)11(5-19)9(3-17-7)15(23)26-28(25)27-16(24)10-4-18-8(2)14(22)12(10)6-20/h3-4,15-16,19-20,23-24H,5-6H2,1-2H3,(H-,21,22)/p+1. The van der Waals surface area contributed by atoms with Gasteiger partial charge in [-0.1, -0.05) is 9.05 Å². The Balaban J connectivity index is 2.15. The molecule has 28 heavy (non-hydrogen) atoms. The summed E-state index contributed by atoms with van der Waals surface area (Å²) in [5.74, 6) is -0.708. The van der Waals surface area contributed by atoms with Crippen LogP contribution >= 0.6 is 8.25 Å². The molecule has 0 fully saturated rings.